The molecule has 110 valence electrons. The normalized spacial score (nSPS) is 17.8. The Morgan fingerprint density at radius 2 is 1.90 bits per heavy atom. The molecule has 1 aliphatic carbocycles. The molecule has 0 aliphatic heterocycles. The maximum atomic E-state index is 12.1. The Morgan fingerprint density at radius 1 is 1.30 bits per heavy atom. The summed E-state index contributed by atoms with van der Waals surface area (Å²) in [5.41, 5.74) is -0.00416. The summed E-state index contributed by atoms with van der Waals surface area (Å²) in [6.45, 7) is 4.37. The van der Waals surface area contributed by atoms with Crippen molar-refractivity contribution in [2.45, 2.75) is 45.1 Å². The zero-order valence-electron chi connectivity index (χ0n) is 12.4. The molecule has 1 aromatic carbocycles. The van der Waals surface area contributed by atoms with Gasteiger partial charge in [-0.1, -0.05) is 44.2 Å². The molecule has 0 aromatic heterocycles. The lowest BCUT2D eigenvalue weighted by molar-refractivity contribution is -0.126. The molecule has 1 aromatic rings. The summed E-state index contributed by atoms with van der Waals surface area (Å²) in [5, 5.41) is 13.9. The minimum Gasteiger partial charge on any atom is -0.383 e. The third kappa shape index (κ3) is 3.21. The summed E-state index contributed by atoms with van der Waals surface area (Å²) in [4.78, 5) is 12.1. The van der Waals surface area contributed by atoms with Crippen LogP contribution >= 0.6 is 0 Å². The topological polar surface area (TPSA) is 49.3 Å². The molecule has 3 heteroatoms. The van der Waals surface area contributed by atoms with Gasteiger partial charge in [-0.15, -0.1) is 0 Å². The van der Waals surface area contributed by atoms with Gasteiger partial charge in [0.25, 0.3) is 0 Å². The van der Waals surface area contributed by atoms with Crippen molar-refractivity contribution in [1.29, 1.82) is 0 Å². The monoisotopic (exact) mass is 275 g/mol. The van der Waals surface area contributed by atoms with Gasteiger partial charge in [0, 0.05) is 5.92 Å². The number of nitrogens with one attached hydrogen (secondary N) is 1. The van der Waals surface area contributed by atoms with Crippen LogP contribution in [0.15, 0.2) is 30.3 Å². The lowest BCUT2D eigenvalue weighted by Gasteiger charge is -2.30. The summed E-state index contributed by atoms with van der Waals surface area (Å²) in [7, 11) is 0. The highest BCUT2D eigenvalue weighted by molar-refractivity contribution is 5.78. The van der Waals surface area contributed by atoms with E-state index < -0.39 is 5.60 Å². The van der Waals surface area contributed by atoms with Crippen LogP contribution in [0.3, 0.4) is 0 Å². The highest BCUT2D eigenvalue weighted by Crippen LogP contribution is 2.45. The molecule has 20 heavy (non-hydrogen) atoms. The first-order valence-electron chi connectivity index (χ1n) is 7.67. The number of carbonyl (C=O) groups excluding carboxylic acids is 1. The molecule has 0 radical (unpaired) electrons. The third-order valence-electron chi connectivity index (χ3n) is 4.41. The molecule has 1 unspecified atom stereocenters. The van der Waals surface area contributed by atoms with Crippen molar-refractivity contribution in [3.05, 3.63) is 35.9 Å². The van der Waals surface area contributed by atoms with Gasteiger partial charge in [-0.3, -0.25) is 4.79 Å². The van der Waals surface area contributed by atoms with Gasteiger partial charge in [0.05, 0.1) is 6.54 Å². The maximum Gasteiger partial charge on any atom is 0.223 e. The van der Waals surface area contributed by atoms with Crippen LogP contribution in [0.5, 0.6) is 0 Å². The third-order valence-corrected chi connectivity index (χ3v) is 4.41. The minimum atomic E-state index is -0.914. The van der Waals surface area contributed by atoms with Crippen LogP contribution in [0.4, 0.5) is 0 Å². The number of rotatable bonds is 7. The van der Waals surface area contributed by atoms with E-state index >= 15 is 0 Å². The lowest BCUT2D eigenvalue weighted by atomic mass is 9.88. The van der Waals surface area contributed by atoms with E-state index in [2.05, 4.69) is 5.32 Å². The van der Waals surface area contributed by atoms with E-state index in [4.69, 9.17) is 0 Å². The lowest BCUT2D eigenvalue weighted by Crippen LogP contribution is -2.44. The van der Waals surface area contributed by atoms with Gasteiger partial charge in [-0.25, -0.2) is 0 Å². The Kier molecular flexibility index (Phi) is 4.81. The maximum absolute atomic E-state index is 12.1. The number of aliphatic hydroxyl groups is 1. The average Bonchev–Trinajstić information content (AvgIpc) is 3.32. The van der Waals surface area contributed by atoms with Gasteiger partial charge in [0.1, 0.15) is 5.60 Å². The molecule has 1 atom stereocenters. The van der Waals surface area contributed by atoms with Gasteiger partial charge in [-0.05, 0) is 37.2 Å². The number of amides is 1. The van der Waals surface area contributed by atoms with Gasteiger partial charge in [0.15, 0.2) is 0 Å². The smallest absolute Gasteiger partial charge is 0.223 e. The van der Waals surface area contributed by atoms with E-state index in [0.717, 1.165) is 31.2 Å². The quantitative estimate of drug-likeness (QED) is 0.804. The largest absolute Gasteiger partial charge is 0.383 e. The van der Waals surface area contributed by atoms with E-state index in [1.54, 1.807) is 0 Å². The SMILES string of the molecule is CCC(CC)C(=O)NCC(O)(c1ccccc1)C1CC1. The first-order valence-corrected chi connectivity index (χ1v) is 7.67. The van der Waals surface area contributed by atoms with Crippen LogP contribution in [-0.4, -0.2) is 17.6 Å². The molecular formula is C17H25NO2. The zero-order valence-corrected chi connectivity index (χ0v) is 12.4. The summed E-state index contributed by atoms with van der Waals surface area (Å²) >= 11 is 0. The highest BCUT2D eigenvalue weighted by Gasteiger charge is 2.45. The molecule has 0 bridgehead atoms. The second-order valence-electron chi connectivity index (χ2n) is 5.80. The summed E-state index contributed by atoms with van der Waals surface area (Å²) < 4.78 is 0. The molecule has 3 nitrogen and oxygen atoms in total. The molecule has 2 rings (SSSR count). The first kappa shape index (κ1) is 15.0. The molecule has 0 saturated heterocycles. The second-order valence-corrected chi connectivity index (χ2v) is 5.80. The Labute approximate surface area is 121 Å². The predicted octanol–water partition coefficient (Wildman–Crippen LogP) is 2.84. The van der Waals surface area contributed by atoms with Gasteiger partial charge >= 0.3 is 0 Å². The van der Waals surface area contributed by atoms with Crippen molar-refractivity contribution >= 4 is 5.91 Å². The Morgan fingerprint density at radius 3 is 2.40 bits per heavy atom. The van der Waals surface area contributed by atoms with Crippen molar-refractivity contribution in [1.82, 2.24) is 5.32 Å². The van der Waals surface area contributed by atoms with Gasteiger partial charge in [0.2, 0.25) is 5.91 Å². The predicted molar refractivity (Wildman–Crippen MR) is 80.1 cm³/mol. The van der Waals surface area contributed by atoms with Crippen LogP contribution in [0, 0.1) is 11.8 Å². The summed E-state index contributed by atoms with van der Waals surface area (Å²) in [6, 6.07) is 9.71. The van der Waals surface area contributed by atoms with E-state index in [1.165, 1.54) is 0 Å². The van der Waals surface area contributed by atoms with Gasteiger partial charge < -0.3 is 10.4 Å². The van der Waals surface area contributed by atoms with Crippen LogP contribution in [0.25, 0.3) is 0 Å². The highest BCUT2D eigenvalue weighted by atomic mass is 16.3. The molecule has 0 heterocycles. The van der Waals surface area contributed by atoms with E-state index in [-0.39, 0.29) is 17.7 Å². The van der Waals surface area contributed by atoms with Crippen LogP contribution < -0.4 is 5.32 Å². The number of hydrogen-bond acceptors (Lipinski definition) is 2. The van der Waals surface area contributed by atoms with E-state index in [1.807, 2.05) is 44.2 Å². The van der Waals surface area contributed by atoms with Crippen molar-refractivity contribution < 1.29 is 9.90 Å². The Balaban J connectivity index is 2.05. The Bertz CT molecular complexity index is 438. The Hall–Kier alpha value is -1.35. The zero-order chi connectivity index (χ0) is 14.6. The van der Waals surface area contributed by atoms with Crippen molar-refractivity contribution in [2.75, 3.05) is 6.54 Å². The molecule has 0 spiro atoms. The standard InChI is InChI=1S/C17H25NO2/c1-3-13(4-2)16(19)18-12-17(20,15-10-11-15)14-8-6-5-7-9-14/h5-9,13,15,20H,3-4,10-12H2,1-2H3,(H,18,19). The molecular weight excluding hydrogens is 250 g/mol. The molecule has 1 saturated carbocycles. The van der Waals surface area contributed by atoms with Crippen molar-refractivity contribution in [2.24, 2.45) is 11.8 Å². The van der Waals surface area contributed by atoms with Crippen LogP contribution in [-0.2, 0) is 10.4 Å². The van der Waals surface area contributed by atoms with Gasteiger partial charge in [-0.2, -0.15) is 0 Å². The van der Waals surface area contributed by atoms with E-state index in [9.17, 15) is 9.90 Å². The van der Waals surface area contributed by atoms with Crippen molar-refractivity contribution in [3.63, 3.8) is 0 Å². The number of carbonyl (C=O) groups is 1. The fourth-order valence-corrected chi connectivity index (χ4v) is 2.80. The summed E-state index contributed by atoms with van der Waals surface area (Å²) in [6.07, 6.45) is 3.75. The average molecular weight is 275 g/mol. The fraction of sp³-hybridized carbons (Fsp3) is 0.588. The molecule has 1 amide bonds. The number of benzene rings is 1. The summed E-state index contributed by atoms with van der Waals surface area (Å²) in [5.74, 6) is 0.381. The van der Waals surface area contributed by atoms with Crippen LogP contribution in [0.2, 0.25) is 0 Å². The van der Waals surface area contributed by atoms with E-state index in [0.29, 0.717) is 6.54 Å². The second kappa shape index (κ2) is 6.40. The first-order chi connectivity index (χ1) is 9.61. The van der Waals surface area contributed by atoms with Crippen molar-refractivity contribution in [3.8, 4) is 0 Å². The molecule has 2 N–H and O–H groups in total. The minimum absolute atomic E-state index is 0.0502. The number of hydrogen-bond donors (Lipinski definition) is 2. The molecule has 1 fully saturated rings. The molecule has 1 aliphatic rings. The fourth-order valence-electron chi connectivity index (χ4n) is 2.80. The van der Waals surface area contributed by atoms with Crippen LogP contribution in [0.1, 0.15) is 45.1 Å².